The Balaban J connectivity index is 1.66. The molecule has 0 aliphatic carbocycles. The fourth-order valence-electron chi connectivity index (χ4n) is 3.28. The molecule has 2 aliphatic heterocycles. The summed E-state index contributed by atoms with van der Waals surface area (Å²) in [6.07, 6.45) is 10.4. The molecule has 0 saturated carbocycles. The average molecular weight is 342 g/mol. The van der Waals surface area contributed by atoms with Crippen molar-refractivity contribution in [2.75, 3.05) is 25.0 Å². The van der Waals surface area contributed by atoms with E-state index in [0.717, 1.165) is 37.3 Å². The molecule has 0 aromatic carbocycles. The standard InChI is InChI=1S/C17H26N8/c1-14-9-19-17(20-10-14,23-15-11-22-24(2)13-15)21-12-16-5-3-7-25(16)8-4-6-18/h9-11,13,16,19,21,23H,3-5,7-8,12H2,1-2H3. The van der Waals surface area contributed by atoms with Crippen LogP contribution in [0.3, 0.4) is 0 Å². The van der Waals surface area contributed by atoms with E-state index in [1.54, 1.807) is 10.9 Å². The quantitative estimate of drug-likeness (QED) is 0.640. The molecule has 1 aromatic rings. The van der Waals surface area contributed by atoms with Gasteiger partial charge < -0.3 is 10.6 Å². The number of hydrogen-bond donors (Lipinski definition) is 3. The van der Waals surface area contributed by atoms with Crippen molar-refractivity contribution in [2.45, 2.75) is 38.1 Å². The van der Waals surface area contributed by atoms with Crippen molar-refractivity contribution < 1.29 is 0 Å². The number of aryl methyl sites for hydroxylation is 1. The number of rotatable bonds is 7. The molecular formula is C17H26N8. The van der Waals surface area contributed by atoms with Crippen LogP contribution in [-0.2, 0) is 7.05 Å². The number of hydrogen-bond acceptors (Lipinski definition) is 7. The minimum absolute atomic E-state index is 0.421. The smallest absolute Gasteiger partial charge is 0.266 e. The summed E-state index contributed by atoms with van der Waals surface area (Å²) in [5.41, 5.74) is 1.96. The molecule has 25 heavy (non-hydrogen) atoms. The van der Waals surface area contributed by atoms with Gasteiger partial charge in [-0.3, -0.25) is 14.9 Å². The normalized spacial score (nSPS) is 26.1. The Bertz CT molecular complexity index is 685. The molecule has 8 nitrogen and oxygen atoms in total. The third-order valence-electron chi connectivity index (χ3n) is 4.60. The van der Waals surface area contributed by atoms with Crippen LogP contribution < -0.4 is 16.0 Å². The van der Waals surface area contributed by atoms with Gasteiger partial charge in [0.05, 0.1) is 18.0 Å². The van der Waals surface area contributed by atoms with E-state index in [-0.39, 0.29) is 0 Å². The number of allylic oxidation sites excluding steroid dienone is 1. The van der Waals surface area contributed by atoms with Crippen LogP contribution in [0.1, 0.15) is 26.2 Å². The Labute approximate surface area is 148 Å². The lowest BCUT2D eigenvalue weighted by Crippen LogP contribution is -2.62. The van der Waals surface area contributed by atoms with Crippen molar-refractivity contribution in [3.8, 4) is 6.07 Å². The van der Waals surface area contributed by atoms with E-state index in [1.807, 2.05) is 32.6 Å². The van der Waals surface area contributed by atoms with E-state index in [2.05, 4.69) is 37.0 Å². The Morgan fingerprint density at radius 2 is 2.40 bits per heavy atom. The Morgan fingerprint density at radius 1 is 1.52 bits per heavy atom. The fourth-order valence-corrected chi connectivity index (χ4v) is 3.28. The van der Waals surface area contributed by atoms with E-state index in [9.17, 15) is 0 Å². The van der Waals surface area contributed by atoms with Crippen molar-refractivity contribution in [2.24, 2.45) is 12.0 Å². The van der Waals surface area contributed by atoms with Crippen molar-refractivity contribution in [1.82, 2.24) is 25.3 Å². The van der Waals surface area contributed by atoms with E-state index in [0.29, 0.717) is 12.5 Å². The second-order valence-corrected chi connectivity index (χ2v) is 6.65. The summed E-state index contributed by atoms with van der Waals surface area (Å²) in [5, 5.41) is 23.3. The number of aromatic nitrogens is 2. The molecular weight excluding hydrogens is 316 g/mol. The van der Waals surface area contributed by atoms with E-state index < -0.39 is 5.91 Å². The van der Waals surface area contributed by atoms with Crippen molar-refractivity contribution in [3.05, 3.63) is 24.2 Å². The maximum absolute atomic E-state index is 8.83. The maximum Gasteiger partial charge on any atom is 0.266 e. The van der Waals surface area contributed by atoms with E-state index in [4.69, 9.17) is 5.26 Å². The average Bonchev–Trinajstić information content (AvgIpc) is 3.22. The molecule has 2 unspecified atom stereocenters. The highest BCUT2D eigenvalue weighted by molar-refractivity contribution is 5.79. The van der Waals surface area contributed by atoms with Crippen LogP contribution in [0.15, 0.2) is 29.2 Å². The van der Waals surface area contributed by atoms with Gasteiger partial charge in [-0.05, 0) is 31.9 Å². The highest BCUT2D eigenvalue weighted by atomic mass is 15.5. The van der Waals surface area contributed by atoms with Gasteiger partial charge in [0.2, 0.25) is 0 Å². The SMILES string of the molecule is CC1=CNC(NCC2CCCN2CCC#N)(Nc2cnn(C)c2)N=C1. The van der Waals surface area contributed by atoms with Gasteiger partial charge >= 0.3 is 0 Å². The zero-order valence-corrected chi connectivity index (χ0v) is 14.9. The maximum atomic E-state index is 8.83. The zero-order valence-electron chi connectivity index (χ0n) is 14.9. The van der Waals surface area contributed by atoms with Gasteiger partial charge in [-0.25, -0.2) is 4.99 Å². The molecule has 0 spiro atoms. The summed E-state index contributed by atoms with van der Waals surface area (Å²) in [6, 6.07) is 2.66. The number of nitrogens with one attached hydrogen (secondary N) is 3. The monoisotopic (exact) mass is 342 g/mol. The molecule has 1 aromatic heterocycles. The highest BCUT2D eigenvalue weighted by Crippen LogP contribution is 2.19. The fraction of sp³-hybridized carbons (Fsp3) is 0.588. The summed E-state index contributed by atoms with van der Waals surface area (Å²) < 4.78 is 1.75. The predicted molar refractivity (Wildman–Crippen MR) is 97.8 cm³/mol. The molecule has 134 valence electrons. The molecule has 1 saturated heterocycles. The van der Waals surface area contributed by atoms with Crippen molar-refractivity contribution in [3.63, 3.8) is 0 Å². The lowest BCUT2D eigenvalue weighted by atomic mass is 10.2. The first-order valence-corrected chi connectivity index (χ1v) is 8.73. The lowest BCUT2D eigenvalue weighted by molar-refractivity contribution is 0.226. The van der Waals surface area contributed by atoms with Crippen molar-refractivity contribution >= 4 is 11.9 Å². The first-order chi connectivity index (χ1) is 12.1. The first-order valence-electron chi connectivity index (χ1n) is 8.73. The van der Waals surface area contributed by atoms with Crippen LogP contribution in [-0.4, -0.2) is 52.5 Å². The van der Waals surface area contributed by atoms with Crippen molar-refractivity contribution in [1.29, 1.82) is 5.26 Å². The summed E-state index contributed by atoms with van der Waals surface area (Å²) in [7, 11) is 1.89. The van der Waals surface area contributed by atoms with E-state index in [1.165, 1.54) is 6.42 Å². The predicted octanol–water partition coefficient (Wildman–Crippen LogP) is 0.989. The molecule has 0 amide bonds. The van der Waals surface area contributed by atoms with Crippen LogP contribution in [0, 0.1) is 11.3 Å². The van der Waals surface area contributed by atoms with Crippen LogP contribution in [0.5, 0.6) is 0 Å². The lowest BCUT2D eigenvalue weighted by Gasteiger charge is -2.36. The number of nitriles is 1. The topological polar surface area (TPSA) is 93.3 Å². The molecule has 0 radical (unpaired) electrons. The Morgan fingerprint density at radius 3 is 3.08 bits per heavy atom. The number of aliphatic imine (C=N–C) groups is 1. The first kappa shape index (κ1) is 17.5. The Hall–Kier alpha value is -2.37. The summed E-state index contributed by atoms with van der Waals surface area (Å²) >= 11 is 0. The third kappa shape index (κ3) is 4.38. The number of likely N-dealkylation sites (tertiary alicyclic amines) is 1. The summed E-state index contributed by atoms with van der Waals surface area (Å²) in [5.74, 6) is -0.786. The molecule has 2 aliphatic rings. The van der Waals surface area contributed by atoms with Gasteiger partial charge in [-0.15, -0.1) is 0 Å². The minimum Gasteiger partial charge on any atom is -0.337 e. The van der Waals surface area contributed by atoms with E-state index >= 15 is 0 Å². The molecule has 3 heterocycles. The second-order valence-electron chi connectivity index (χ2n) is 6.65. The number of anilines is 1. The molecule has 0 bridgehead atoms. The van der Waals surface area contributed by atoms with Gasteiger partial charge in [0.15, 0.2) is 0 Å². The minimum atomic E-state index is -0.786. The zero-order chi connectivity index (χ0) is 17.7. The van der Waals surface area contributed by atoms with Crippen LogP contribution in [0.25, 0.3) is 0 Å². The van der Waals surface area contributed by atoms with Crippen LogP contribution in [0.4, 0.5) is 5.69 Å². The third-order valence-corrected chi connectivity index (χ3v) is 4.60. The van der Waals surface area contributed by atoms with Gasteiger partial charge in [-0.2, -0.15) is 10.4 Å². The second kappa shape index (κ2) is 7.68. The van der Waals surface area contributed by atoms with Gasteiger partial charge in [0.1, 0.15) is 0 Å². The molecule has 8 heteroatoms. The van der Waals surface area contributed by atoms with Crippen LogP contribution >= 0.6 is 0 Å². The molecule has 1 fully saturated rings. The van der Waals surface area contributed by atoms with Gasteiger partial charge in [0, 0.05) is 51.2 Å². The molecule has 3 rings (SSSR count). The largest absolute Gasteiger partial charge is 0.337 e. The summed E-state index contributed by atoms with van der Waals surface area (Å²) in [4.78, 5) is 7.05. The molecule has 2 atom stereocenters. The molecule has 3 N–H and O–H groups in total. The van der Waals surface area contributed by atoms with Crippen LogP contribution in [0.2, 0.25) is 0 Å². The van der Waals surface area contributed by atoms with Gasteiger partial charge in [-0.1, -0.05) is 0 Å². The number of nitrogens with zero attached hydrogens (tertiary/aromatic N) is 5. The highest BCUT2D eigenvalue weighted by Gasteiger charge is 2.32. The summed E-state index contributed by atoms with van der Waals surface area (Å²) in [6.45, 7) is 4.69. The Kier molecular flexibility index (Phi) is 5.36. The van der Waals surface area contributed by atoms with Gasteiger partial charge in [0.25, 0.3) is 5.91 Å².